The molecule has 1 aliphatic heterocycles. The molecule has 2 aromatic heterocycles. The zero-order chi connectivity index (χ0) is 16.2. The van der Waals surface area contributed by atoms with Crippen molar-refractivity contribution in [3.05, 3.63) is 17.5 Å². The van der Waals surface area contributed by atoms with Crippen molar-refractivity contribution in [3.63, 3.8) is 0 Å². The Kier molecular flexibility index (Phi) is 5.32. The molecule has 126 valence electrons. The Morgan fingerprint density at radius 3 is 3.00 bits per heavy atom. The topological polar surface area (TPSA) is 81.7 Å². The average molecular weight is 336 g/mol. The van der Waals surface area contributed by atoms with Crippen LogP contribution in [0.25, 0.3) is 0 Å². The van der Waals surface area contributed by atoms with Gasteiger partial charge in [0.25, 0.3) is 0 Å². The van der Waals surface area contributed by atoms with Crippen LogP contribution in [0.3, 0.4) is 0 Å². The van der Waals surface area contributed by atoms with E-state index in [1.807, 2.05) is 7.05 Å². The number of nitrogens with zero attached hydrogens (tertiary/aromatic N) is 5. The van der Waals surface area contributed by atoms with Gasteiger partial charge >= 0.3 is 0 Å². The molecule has 0 unspecified atom stereocenters. The fourth-order valence-electron chi connectivity index (χ4n) is 2.79. The Labute approximate surface area is 140 Å². The third-order valence-corrected chi connectivity index (χ3v) is 4.97. The molecule has 1 saturated heterocycles. The lowest BCUT2D eigenvalue weighted by Crippen LogP contribution is -2.29. The largest absolute Gasteiger partial charge is 0.339 e. The summed E-state index contributed by atoms with van der Waals surface area (Å²) in [6, 6.07) is 0. The van der Waals surface area contributed by atoms with Gasteiger partial charge in [0, 0.05) is 25.9 Å². The summed E-state index contributed by atoms with van der Waals surface area (Å²) in [5.41, 5.74) is 0. The molecule has 0 bridgehead atoms. The van der Waals surface area contributed by atoms with Crippen LogP contribution in [0.5, 0.6) is 0 Å². The predicted octanol–water partition coefficient (Wildman–Crippen LogP) is 2.16. The summed E-state index contributed by atoms with van der Waals surface area (Å²) in [7, 11) is 2.03. The third kappa shape index (κ3) is 4.11. The summed E-state index contributed by atoms with van der Waals surface area (Å²) in [5.74, 6) is 4.11. The van der Waals surface area contributed by atoms with Gasteiger partial charge in [-0.2, -0.15) is 4.98 Å². The lowest BCUT2D eigenvalue weighted by atomic mass is 9.99. The van der Waals surface area contributed by atoms with Crippen molar-refractivity contribution in [1.29, 1.82) is 0 Å². The van der Waals surface area contributed by atoms with E-state index < -0.39 is 0 Å². The molecule has 2 aromatic rings. The third-order valence-electron chi connectivity index (χ3n) is 3.95. The van der Waals surface area contributed by atoms with Crippen LogP contribution in [0, 0.1) is 5.92 Å². The Morgan fingerprint density at radius 2 is 2.26 bits per heavy atom. The van der Waals surface area contributed by atoms with Gasteiger partial charge < -0.3 is 14.4 Å². The lowest BCUT2D eigenvalue weighted by Gasteiger charge is -2.21. The molecule has 0 amide bonds. The lowest BCUT2D eigenvalue weighted by molar-refractivity contribution is 0.360. The van der Waals surface area contributed by atoms with Crippen LogP contribution < -0.4 is 5.32 Å². The van der Waals surface area contributed by atoms with Crippen LogP contribution in [0.15, 0.2) is 9.68 Å². The number of aromatic nitrogens is 5. The van der Waals surface area contributed by atoms with E-state index in [0.717, 1.165) is 36.3 Å². The molecule has 3 rings (SSSR count). The van der Waals surface area contributed by atoms with Crippen LogP contribution in [-0.2, 0) is 19.2 Å². The first-order chi connectivity index (χ1) is 11.1. The normalized spacial score (nSPS) is 18.7. The van der Waals surface area contributed by atoms with E-state index in [1.54, 1.807) is 11.8 Å². The van der Waals surface area contributed by atoms with E-state index in [1.165, 1.54) is 12.8 Å². The number of thioether (sulfide) groups is 1. The van der Waals surface area contributed by atoms with Crippen molar-refractivity contribution >= 4 is 11.8 Å². The maximum absolute atomic E-state index is 5.27. The Balaban J connectivity index is 1.60. The Bertz CT molecular complexity index is 632. The van der Waals surface area contributed by atoms with Gasteiger partial charge in [-0.15, -0.1) is 10.2 Å². The van der Waals surface area contributed by atoms with Crippen LogP contribution in [0.4, 0.5) is 0 Å². The first-order valence-electron chi connectivity index (χ1n) is 8.17. The van der Waals surface area contributed by atoms with Gasteiger partial charge in [0.1, 0.15) is 5.82 Å². The molecule has 0 aliphatic carbocycles. The molecule has 1 N–H and O–H groups in total. The first-order valence-corrected chi connectivity index (χ1v) is 9.16. The Hall–Kier alpha value is -1.41. The van der Waals surface area contributed by atoms with Crippen molar-refractivity contribution in [2.75, 3.05) is 13.1 Å². The van der Waals surface area contributed by atoms with Gasteiger partial charge in [-0.25, -0.2) is 0 Å². The summed E-state index contributed by atoms with van der Waals surface area (Å²) in [6.45, 7) is 6.37. The van der Waals surface area contributed by atoms with Crippen LogP contribution in [0.2, 0.25) is 0 Å². The summed E-state index contributed by atoms with van der Waals surface area (Å²) in [4.78, 5) is 4.43. The van der Waals surface area contributed by atoms with Crippen molar-refractivity contribution in [3.8, 4) is 0 Å². The molecule has 0 radical (unpaired) electrons. The number of hydrogen-bond acceptors (Lipinski definition) is 7. The quantitative estimate of drug-likeness (QED) is 0.809. The molecule has 8 heteroatoms. The highest BCUT2D eigenvalue weighted by molar-refractivity contribution is 7.98. The molecule has 1 atom stereocenters. The number of hydrogen-bond donors (Lipinski definition) is 1. The van der Waals surface area contributed by atoms with E-state index in [0.29, 0.717) is 23.5 Å². The molecule has 23 heavy (non-hydrogen) atoms. The minimum absolute atomic E-state index is 0.457. The number of nitrogens with one attached hydrogen (secondary N) is 1. The fraction of sp³-hybridized carbons (Fsp3) is 0.733. The van der Waals surface area contributed by atoms with Crippen LogP contribution >= 0.6 is 11.8 Å². The number of piperidine rings is 1. The maximum atomic E-state index is 5.27. The second kappa shape index (κ2) is 7.44. The van der Waals surface area contributed by atoms with Gasteiger partial charge in [0.15, 0.2) is 11.0 Å². The zero-order valence-corrected chi connectivity index (χ0v) is 14.8. The van der Waals surface area contributed by atoms with E-state index in [-0.39, 0.29) is 0 Å². The second-order valence-corrected chi connectivity index (χ2v) is 7.38. The van der Waals surface area contributed by atoms with Crippen LogP contribution in [0.1, 0.15) is 50.1 Å². The highest BCUT2D eigenvalue weighted by Gasteiger charge is 2.22. The average Bonchev–Trinajstić information content (AvgIpc) is 3.12. The molecule has 3 heterocycles. The zero-order valence-electron chi connectivity index (χ0n) is 13.9. The highest BCUT2D eigenvalue weighted by Crippen LogP contribution is 2.26. The predicted molar refractivity (Wildman–Crippen MR) is 88.2 cm³/mol. The van der Waals surface area contributed by atoms with Gasteiger partial charge in [-0.1, -0.05) is 30.8 Å². The highest BCUT2D eigenvalue weighted by atomic mass is 32.2. The van der Waals surface area contributed by atoms with Gasteiger partial charge in [-0.3, -0.25) is 0 Å². The van der Waals surface area contributed by atoms with Crippen molar-refractivity contribution in [2.45, 2.75) is 49.9 Å². The summed E-state index contributed by atoms with van der Waals surface area (Å²) in [6.07, 6.45) is 3.19. The minimum Gasteiger partial charge on any atom is -0.339 e. The molecule has 0 spiro atoms. The van der Waals surface area contributed by atoms with Crippen molar-refractivity contribution in [1.82, 2.24) is 30.2 Å². The molecule has 7 nitrogen and oxygen atoms in total. The van der Waals surface area contributed by atoms with Gasteiger partial charge in [0.2, 0.25) is 5.89 Å². The smallest absolute Gasteiger partial charge is 0.226 e. The molecule has 1 fully saturated rings. The molecule has 0 aromatic carbocycles. The van der Waals surface area contributed by atoms with E-state index in [2.05, 4.69) is 44.1 Å². The van der Waals surface area contributed by atoms with Gasteiger partial charge in [0.05, 0.1) is 5.75 Å². The number of rotatable bonds is 6. The monoisotopic (exact) mass is 336 g/mol. The second-order valence-electron chi connectivity index (χ2n) is 6.43. The first kappa shape index (κ1) is 16.4. The minimum atomic E-state index is 0.457. The summed E-state index contributed by atoms with van der Waals surface area (Å²) < 4.78 is 7.36. The fourth-order valence-corrected chi connectivity index (χ4v) is 3.55. The molecule has 0 saturated carbocycles. The molecular formula is C15H24N6OS. The SMILES string of the molecule is CC(C)Cc1nc(CSc2nnc([C@H]3CCCNC3)n2C)no1. The van der Waals surface area contributed by atoms with E-state index in [9.17, 15) is 0 Å². The summed E-state index contributed by atoms with van der Waals surface area (Å²) >= 11 is 1.60. The van der Waals surface area contributed by atoms with Crippen LogP contribution in [-0.4, -0.2) is 38.0 Å². The van der Waals surface area contributed by atoms with E-state index >= 15 is 0 Å². The maximum Gasteiger partial charge on any atom is 0.226 e. The standard InChI is InChI=1S/C15H24N6OS/c1-10(2)7-13-17-12(20-22-13)9-23-15-19-18-14(21(15)3)11-5-4-6-16-8-11/h10-11,16H,4-9H2,1-3H3/t11-/m0/s1. The van der Waals surface area contributed by atoms with Gasteiger partial charge in [-0.05, 0) is 25.3 Å². The summed E-state index contributed by atoms with van der Waals surface area (Å²) in [5, 5.41) is 17.1. The van der Waals surface area contributed by atoms with Crippen molar-refractivity contribution < 1.29 is 4.52 Å². The Morgan fingerprint density at radius 1 is 1.39 bits per heavy atom. The van der Waals surface area contributed by atoms with Crippen molar-refractivity contribution in [2.24, 2.45) is 13.0 Å². The molecular weight excluding hydrogens is 312 g/mol. The van der Waals surface area contributed by atoms with E-state index in [4.69, 9.17) is 4.52 Å². The molecule has 1 aliphatic rings.